The highest BCUT2D eigenvalue weighted by molar-refractivity contribution is 6.37. The molecule has 0 aliphatic rings. The van der Waals surface area contributed by atoms with Crippen molar-refractivity contribution in [1.29, 1.82) is 0 Å². The van der Waals surface area contributed by atoms with Crippen molar-refractivity contribution in [3.8, 4) is 5.69 Å². The molecule has 1 heterocycles. The molecule has 0 saturated heterocycles. The molecule has 1 aromatic heterocycles. The fourth-order valence-electron chi connectivity index (χ4n) is 1.42. The first-order valence-corrected chi connectivity index (χ1v) is 5.27. The molecule has 0 atom stereocenters. The van der Waals surface area contributed by atoms with E-state index >= 15 is 0 Å². The number of hydrogen-bond donors (Lipinski definition) is 1. The Balaban J connectivity index is 2.59. The number of nitrogens with two attached hydrogens (primary N) is 1. The molecule has 16 heavy (non-hydrogen) atoms. The Hall–Kier alpha value is -1.45. The van der Waals surface area contributed by atoms with E-state index in [4.69, 9.17) is 28.9 Å². The van der Waals surface area contributed by atoms with E-state index in [1.807, 2.05) is 24.5 Å². The van der Waals surface area contributed by atoms with Crippen molar-refractivity contribution in [3.05, 3.63) is 52.3 Å². The molecule has 0 unspecified atom stereocenters. The van der Waals surface area contributed by atoms with Crippen molar-refractivity contribution in [2.45, 2.75) is 0 Å². The molecule has 1 amide bonds. The van der Waals surface area contributed by atoms with Crippen molar-refractivity contribution < 1.29 is 4.79 Å². The number of aromatic nitrogens is 1. The molecule has 0 aliphatic carbocycles. The van der Waals surface area contributed by atoms with Gasteiger partial charge >= 0.3 is 0 Å². The van der Waals surface area contributed by atoms with Gasteiger partial charge in [0.25, 0.3) is 0 Å². The summed E-state index contributed by atoms with van der Waals surface area (Å²) in [5.74, 6) is -0.592. The van der Waals surface area contributed by atoms with Gasteiger partial charge in [-0.2, -0.15) is 0 Å². The molecule has 0 bridgehead atoms. The van der Waals surface area contributed by atoms with Crippen molar-refractivity contribution in [2.75, 3.05) is 0 Å². The summed E-state index contributed by atoms with van der Waals surface area (Å²) in [5.41, 5.74) is 6.10. The standard InChI is InChI=1S/C11H8Cl2N2O/c12-8-6-10(15-3-1-2-4-15)9(13)5-7(8)11(14)16/h1-6H,(H2,14,16). The molecule has 2 aromatic rings. The number of rotatable bonds is 2. The van der Waals surface area contributed by atoms with Crippen molar-refractivity contribution in [1.82, 2.24) is 4.57 Å². The number of hydrogen-bond acceptors (Lipinski definition) is 1. The van der Waals surface area contributed by atoms with E-state index in [1.165, 1.54) is 6.07 Å². The predicted molar refractivity (Wildman–Crippen MR) is 64.3 cm³/mol. The van der Waals surface area contributed by atoms with Crippen molar-refractivity contribution in [3.63, 3.8) is 0 Å². The predicted octanol–water partition coefficient (Wildman–Crippen LogP) is 2.88. The summed E-state index contributed by atoms with van der Waals surface area (Å²) in [5, 5.41) is 0.718. The van der Waals surface area contributed by atoms with E-state index < -0.39 is 5.91 Å². The van der Waals surface area contributed by atoms with Crippen molar-refractivity contribution in [2.24, 2.45) is 5.73 Å². The number of amides is 1. The number of halogens is 2. The van der Waals surface area contributed by atoms with Gasteiger partial charge in [-0.25, -0.2) is 0 Å². The average molecular weight is 255 g/mol. The highest BCUT2D eigenvalue weighted by atomic mass is 35.5. The number of benzene rings is 1. The second kappa shape index (κ2) is 4.20. The van der Waals surface area contributed by atoms with Gasteiger partial charge in [0, 0.05) is 12.4 Å². The van der Waals surface area contributed by atoms with E-state index in [-0.39, 0.29) is 5.56 Å². The zero-order valence-corrected chi connectivity index (χ0v) is 9.66. The SMILES string of the molecule is NC(=O)c1cc(Cl)c(-n2cccc2)cc1Cl. The maximum absolute atomic E-state index is 11.0. The van der Waals surface area contributed by atoms with Crippen molar-refractivity contribution >= 4 is 29.1 Å². The lowest BCUT2D eigenvalue weighted by Gasteiger charge is -2.08. The summed E-state index contributed by atoms with van der Waals surface area (Å²) in [6.45, 7) is 0. The molecule has 2 N–H and O–H groups in total. The second-order valence-electron chi connectivity index (χ2n) is 3.24. The fraction of sp³-hybridized carbons (Fsp3) is 0. The molecule has 5 heteroatoms. The highest BCUT2D eigenvalue weighted by Crippen LogP contribution is 2.27. The fourth-order valence-corrected chi connectivity index (χ4v) is 1.93. The molecule has 82 valence electrons. The third-order valence-electron chi connectivity index (χ3n) is 2.18. The Morgan fingerprint density at radius 3 is 2.31 bits per heavy atom. The van der Waals surface area contributed by atoms with Crippen LogP contribution in [-0.2, 0) is 0 Å². The lowest BCUT2D eigenvalue weighted by Crippen LogP contribution is -2.12. The summed E-state index contributed by atoms with van der Waals surface area (Å²) in [6.07, 6.45) is 3.67. The van der Waals surface area contributed by atoms with Gasteiger partial charge in [-0.1, -0.05) is 23.2 Å². The van der Waals surface area contributed by atoms with Crippen LogP contribution in [-0.4, -0.2) is 10.5 Å². The Kier molecular flexibility index (Phi) is 2.90. The molecule has 1 aromatic carbocycles. The zero-order chi connectivity index (χ0) is 11.7. The first-order chi connectivity index (χ1) is 7.59. The second-order valence-corrected chi connectivity index (χ2v) is 4.05. The van der Waals surface area contributed by atoms with Gasteiger partial charge < -0.3 is 10.3 Å². The van der Waals surface area contributed by atoms with Crippen LogP contribution in [0, 0.1) is 0 Å². The topological polar surface area (TPSA) is 48.0 Å². The van der Waals surface area contributed by atoms with Gasteiger partial charge in [0.2, 0.25) is 5.91 Å². The first-order valence-electron chi connectivity index (χ1n) is 4.52. The molecular weight excluding hydrogens is 247 g/mol. The molecule has 0 spiro atoms. The third-order valence-corrected chi connectivity index (χ3v) is 2.80. The lowest BCUT2D eigenvalue weighted by atomic mass is 10.2. The molecule has 0 saturated carbocycles. The zero-order valence-electron chi connectivity index (χ0n) is 8.15. The summed E-state index contributed by atoms with van der Waals surface area (Å²) in [4.78, 5) is 11.0. The van der Waals surface area contributed by atoms with Crippen LogP contribution in [0.2, 0.25) is 10.0 Å². The third kappa shape index (κ3) is 1.92. The molecule has 2 rings (SSSR count). The van der Waals surface area contributed by atoms with Gasteiger partial charge in [-0.15, -0.1) is 0 Å². The largest absolute Gasteiger partial charge is 0.366 e. The van der Waals surface area contributed by atoms with Gasteiger partial charge in [0.05, 0.1) is 21.3 Å². The number of primary amides is 1. The van der Waals surface area contributed by atoms with Crippen LogP contribution < -0.4 is 5.73 Å². The van der Waals surface area contributed by atoms with Crippen LogP contribution in [0.1, 0.15) is 10.4 Å². The Morgan fingerprint density at radius 1 is 1.12 bits per heavy atom. The van der Waals surface area contributed by atoms with Gasteiger partial charge in [0.15, 0.2) is 0 Å². The number of nitrogens with zero attached hydrogens (tertiary/aromatic N) is 1. The van der Waals surface area contributed by atoms with Gasteiger partial charge in [0.1, 0.15) is 0 Å². The summed E-state index contributed by atoms with van der Waals surface area (Å²) < 4.78 is 1.80. The Morgan fingerprint density at radius 2 is 1.75 bits per heavy atom. The van der Waals surface area contributed by atoms with E-state index in [0.717, 1.165) is 0 Å². The van der Waals surface area contributed by atoms with Crippen LogP contribution in [0.5, 0.6) is 0 Å². The summed E-state index contributed by atoms with van der Waals surface area (Å²) in [7, 11) is 0. The van der Waals surface area contributed by atoms with Crippen LogP contribution >= 0.6 is 23.2 Å². The molecule has 0 fully saturated rings. The minimum atomic E-state index is -0.592. The monoisotopic (exact) mass is 254 g/mol. The van der Waals surface area contributed by atoms with E-state index in [2.05, 4.69) is 0 Å². The van der Waals surface area contributed by atoms with Gasteiger partial charge in [-0.3, -0.25) is 4.79 Å². The van der Waals surface area contributed by atoms with E-state index in [0.29, 0.717) is 15.7 Å². The summed E-state index contributed by atoms with van der Waals surface area (Å²) in [6, 6.07) is 6.82. The molecule has 0 radical (unpaired) electrons. The summed E-state index contributed by atoms with van der Waals surface area (Å²) >= 11 is 12.0. The van der Waals surface area contributed by atoms with Gasteiger partial charge in [-0.05, 0) is 24.3 Å². The molecular formula is C11H8Cl2N2O. The maximum Gasteiger partial charge on any atom is 0.250 e. The van der Waals surface area contributed by atoms with E-state index in [9.17, 15) is 4.79 Å². The lowest BCUT2D eigenvalue weighted by molar-refractivity contribution is 0.100. The molecule has 0 aliphatic heterocycles. The number of carbonyl (C=O) groups excluding carboxylic acids is 1. The number of carbonyl (C=O) groups is 1. The van der Waals surface area contributed by atoms with Crippen LogP contribution in [0.4, 0.5) is 0 Å². The molecule has 3 nitrogen and oxygen atoms in total. The normalized spacial score (nSPS) is 10.4. The van der Waals surface area contributed by atoms with E-state index in [1.54, 1.807) is 10.6 Å². The van der Waals surface area contributed by atoms with Crippen LogP contribution in [0.3, 0.4) is 0 Å². The Bertz CT molecular complexity index is 535. The average Bonchev–Trinajstić information content (AvgIpc) is 2.73. The minimum Gasteiger partial charge on any atom is -0.366 e. The van der Waals surface area contributed by atoms with Crippen LogP contribution in [0.25, 0.3) is 5.69 Å². The minimum absolute atomic E-state index is 0.225. The smallest absolute Gasteiger partial charge is 0.250 e. The Labute approximate surface area is 102 Å². The van der Waals surface area contributed by atoms with Crippen LogP contribution in [0.15, 0.2) is 36.7 Å². The maximum atomic E-state index is 11.0. The first kappa shape index (κ1) is 11.0. The quantitative estimate of drug-likeness (QED) is 0.881. The highest BCUT2D eigenvalue weighted by Gasteiger charge is 2.11.